The number of ether oxygens (including phenoxy) is 1. The van der Waals surface area contributed by atoms with E-state index >= 15 is 0 Å². The molecular weight excluding hydrogens is 431 g/mol. The number of nitrogens with zero attached hydrogens (tertiary/aromatic N) is 4. The SMILES string of the molecule is COCCN(Cc1c(-c2ccc(F)cc2)noc1N1CCN(C)CC1)C(=O)c1cccs1. The van der Waals surface area contributed by atoms with Gasteiger partial charge in [-0.15, -0.1) is 11.3 Å². The molecule has 7 nitrogen and oxygen atoms in total. The Bertz CT molecular complexity index is 1010. The molecule has 4 rings (SSSR count). The molecule has 0 radical (unpaired) electrons. The van der Waals surface area contributed by atoms with E-state index in [4.69, 9.17) is 9.26 Å². The first-order chi connectivity index (χ1) is 15.6. The van der Waals surface area contributed by atoms with Crippen LogP contribution in [0.1, 0.15) is 15.2 Å². The Hall–Kier alpha value is -2.75. The summed E-state index contributed by atoms with van der Waals surface area (Å²) in [5.74, 6) is 0.291. The third-order valence-electron chi connectivity index (χ3n) is 5.61. The maximum atomic E-state index is 13.5. The highest BCUT2D eigenvalue weighted by molar-refractivity contribution is 7.12. The Morgan fingerprint density at radius 3 is 2.62 bits per heavy atom. The number of amides is 1. The van der Waals surface area contributed by atoms with Gasteiger partial charge in [-0.25, -0.2) is 4.39 Å². The monoisotopic (exact) mass is 458 g/mol. The van der Waals surface area contributed by atoms with Crippen molar-refractivity contribution in [3.05, 3.63) is 58.0 Å². The normalized spacial score (nSPS) is 14.7. The molecule has 1 aliphatic heterocycles. The van der Waals surface area contributed by atoms with Crippen molar-refractivity contribution in [2.45, 2.75) is 6.54 Å². The van der Waals surface area contributed by atoms with Gasteiger partial charge in [0.15, 0.2) is 0 Å². The van der Waals surface area contributed by atoms with Crippen LogP contribution in [-0.2, 0) is 11.3 Å². The number of thiophene rings is 1. The summed E-state index contributed by atoms with van der Waals surface area (Å²) in [6.07, 6.45) is 0. The average Bonchev–Trinajstić information content (AvgIpc) is 3.48. The second-order valence-corrected chi connectivity index (χ2v) is 8.76. The van der Waals surface area contributed by atoms with Gasteiger partial charge >= 0.3 is 0 Å². The van der Waals surface area contributed by atoms with Crippen molar-refractivity contribution in [1.29, 1.82) is 0 Å². The molecule has 0 bridgehead atoms. The van der Waals surface area contributed by atoms with Crippen LogP contribution in [0, 0.1) is 5.82 Å². The third-order valence-corrected chi connectivity index (χ3v) is 6.47. The van der Waals surface area contributed by atoms with Crippen molar-refractivity contribution < 1.29 is 18.4 Å². The summed E-state index contributed by atoms with van der Waals surface area (Å²) < 4.78 is 24.6. The molecule has 1 saturated heterocycles. The molecule has 9 heteroatoms. The highest BCUT2D eigenvalue weighted by Crippen LogP contribution is 2.33. The number of hydrogen-bond acceptors (Lipinski definition) is 7. The molecule has 32 heavy (non-hydrogen) atoms. The number of halogens is 1. The molecule has 0 aliphatic carbocycles. The number of carbonyl (C=O) groups excluding carboxylic acids is 1. The van der Waals surface area contributed by atoms with Crippen LogP contribution in [0.15, 0.2) is 46.3 Å². The van der Waals surface area contributed by atoms with Crippen molar-refractivity contribution in [3.8, 4) is 11.3 Å². The number of piperazine rings is 1. The summed E-state index contributed by atoms with van der Waals surface area (Å²) in [6.45, 7) is 4.59. The van der Waals surface area contributed by atoms with E-state index in [-0.39, 0.29) is 11.7 Å². The minimum absolute atomic E-state index is 0.0624. The van der Waals surface area contributed by atoms with Gasteiger partial charge in [-0.2, -0.15) is 0 Å². The lowest BCUT2D eigenvalue weighted by molar-refractivity contribution is 0.0685. The summed E-state index contributed by atoms with van der Waals surface area (Å²) >= 11 is 1.41. The predicted molar refractivity (Wildman–Crippen MR) is 123 cm³/mol. The number of benzene rings is 1. The zero-order chi connectivity index (χ0) is 22.5. The number of rotatable bonds is 8. The van der Waals surface area contributed by atoms with E-state index in [0.717, 1.165) is 37.3 Å². The van der Waals surface area contributed by atoms with Crippen LogP contribution in [-0.4, -0.2) is 74.4 Å². The van der Waals surface area contributed by atoms with E-state index in [2.05, 4.69) is 22.0 Å². The molecular formula is C23H27FN4O3S. The topological polar surface area (TPSA) is 62.1 Å². The van der Waals surface area contributed by atoms with Gasteiger partial charge in [0.2, 0.25) is 5.88 Å². The van der Waals surface area contributed by atoms with Crippen LogP contribution < -0.4 is 4.90 Å². The number of anilines is 1. The van der Waals surface area contributed by atoms with Gasteiger partial charge in [0.1, 0.15) is 11.5 Å². The van der Waals surface area contributed by atoms with E-state index in [0.29, 0.717) is 36.2 Å². The zero-order valence-corrected chi connectivity index (χ0v) is 19.1. The zero-order valence-electron chi connectivity index (χ0n) is 18.3. The lowest BCUT2D eigenvalue weighted by Crippen LogP contribution is -2.45. The fourth-order valence-electron chi connectivity index (χ4n) is 3.74. The highest BCUT2D eigenvalue weighted by atomic mass is 32.1. The van der Waals surface area contributed by atoms with Gasteiger partial charge in [-0.1, -0.05) is 11.2 Å². The number of methoxy groups -OCH3 is 1. The van der Waals surface area contributed by atoms with E-state index < -0.39 is 0 Å². The van der Waals surface area contributed by atoms with Gasteiger partial charge in [0, 0.05) is 45.4 Å². The molecule has 0 saturated carbocycles. The quantitative estimate of drug-likeness (QED) is 0.514. The van der Waals surface area contributed by atoms with Crippen molar-refractivity contribution >= 4 is 23.1 Å². The molecule has 0 atom stereocenters. The standard InChI is InChI=1S/C23H27FN4O3S/c1-26-9-11-27(12-10-26)23-19(21(25-31-23)17-5-7-18(24)8-6-17)16-28(13-14-30-2)22(29)20-4-3-15-32-20/h3-8,15H,9-14,16H2,1-2H3. The van der Waals surface area contributed by atoms with Gasteiger partial charge < -0.3 is 24.0 Å². The Labute approximate surface area is 191 Å². The number of hydrogen-bond donors (Lipinski definition) is 0. The van der Waals surface area contributed by atoms with Crippen LogP contribution in [0.25, 0.3) is 11.3 Å². The van der Waals surface area contributed by atoms with Gasteiger partial charge in [-0.05, 0) is 42.8 Å². The van der Waals surface area contributed by atoms with Crippen LogP contribution >= 0.6 is 11.3 Å². The fraction of sp³-hybridized carbons (Fsp3) is 0.391. The second-order valence-electron chi connectivity index (χ2n) is 7.81. The lowest BCUT2D eigenvalue weighted by Gasteiger charge is -2.33. The number of likely N-dealkylation sites (N-methyl/N-ethyl adjacent to an activating group) is 1. The molecule has 2 aromatic heterocycles. The van der Waals surface area contributed by atoms with Crippen LogP contribution in [0.5, 0.6) is 0 Å². The first kappa shape index (κ1) is 22.4. The molecule has 3 aromatic rings. The molecule has 0 spiro atoms. The molecule has 1 fully saturated rings. The minimum Gasteiger partial charge on any atom is -0.383 e. The third kappa shape index (κ3) is 5.01. The first-order valence-corrected chi connectivity index (χ1v) is 11.4. The molecule has 170 valence electrons. The molecule has 0 N–H and O–H groups in total. The van der Waals surface area contributed by atoms with Crippen LogP contribution in [0.2, 0.25) is 0 Å². The molecule has 1 aliphatic rings. The Morgan fingerprint density at radius 2 is 1.97 bits per heavy atom. The van der Waals surface area contributed by atoms with Gasteiger partial charge in [0.05, 0.1) is 23.6 Å². The Morgan fingerprint density at radius 1 is 1.22 bits per heavy atom. The summed E-state index contributed by atoms with van der Waals surface area (Å²) in [6, 6.07) is 9.87. The first-order valence-electron chi connectivity index (χ1n) is 10.6. The van der Waals surface area contributed by atoms with Crippen molar-refractivity contribution in [1.82, 2.24) is 15.0 Å². The molecule has 0 unspecified atom stereocenters. The van der Waals surface area contributed by atoms with Gasteiger partial charge in [0.25, 0.3) is 5.91 Å². The number of carbonyl (C=O) groups is 1. The molecule has 1 aromatic carbocycles. The summed E-state index contributed by atoms with van der Waals surface area (Å²) in [7, 11) is 3.71. The predicted octanol–water partition coefficient (Wildman–Crippen LogP) is 3.58. The summed E-state index contributed by atoms with van der Waals surface area (Å²) in [5.41, 5.74) is 2.20. The maximum Gasteiger partial charge on any atom is 0.264 e. The number of aromatic nitrogens is 1. The smallest absolute Gasteiger partial charge is 0.264 e. The fourth-order valence-corrected chi connectivity index (χ4v) is 4.43. The highest BCUT2D eigenvalue weighted by Gasteiger charge is 2.28. The Kier molecular flexibility index (Phi) is 7.19. The maximum absolute atomic E-state index is 13.5. The van der Waals surface area contributed by atoms with Crippen molar-refractivity contribution in [3.63, 3.8) is 0 Å². The van der Waals surface area contributed by atoms with Crippen molar-refractivity contribution in [2.24, 2.45) is 0 Å². The minimum atomic E-state index is -0.312. The van der Waals surface area contributed by atoms with E-state index in [1.54, 1.807) is 24.1 Å². The molecule has 3 heterocycles. The van der Waals surface area contributed by atoms with E-state index in [1.807, 2.05) is 17.5 Å². The average molecular weight is 459 g/mol. The van der Waals surface area contributed by atoms with E-state index in [9.17, 15) is 9.18 Å². The van der Waals surface area contributed by atoms with E-state index in [1.165, 1.54) is 23.5 Å². The summed E-state index contributed by atoms with van der Waals surface area (Å²) in [4.78, 5) is 20.1. The molecule has 1 amide bonds. The lowest BCUT2D eigenvalue weighted by atomic mass is 10.1. The largest absolute Gasteiger partial charge is 0.383 e. The van der Waals surface area contributed by atoms with Crippen LogP contribution in [0.3, 0.4) is 0 Å². The van der Waals surface area contributed by atoms with Gasteiger partial charge in [-0.3, -0.25) is 4.79 Å². The van der Waals surface area contributed by atoms with Crippen LogP contribution in [0.4, 0.5) is 10.3 Å². The van der Waals surface area contributed by atoms with Crippen molar-refractivity contribution in [2.75, 3.05) is 58.4 Å². The Balaban J connectivity index is 1.70. The summed E-state index contributed by atoms with van der Waals surface area (Å²) in [5, 5.41) is 6.24. The second kappa shape index (κ2) is 10.2.